The Balaban J connectivity index is 1.38. The van der Waals surface area contributed by atoms with E-state index in [1.165, 1.54) is 12.4 Å². The monoisotopic (exact) mass is 411 g/mol. The van der Waals surface area contributed by atoms with Crippen molar-refractivity contribution in [2.24, 2.45) is 0 Å². The molecular formula is C19H17F4N3O3. The predicted molar refractivity (Wildman–Crippen MR) is 91.7 cm³/mol. The molecule has 4 rings (SSSR count). The Bertz CT molecular complexity index is 908. The van der Waals surface area contributed by atoms with Crippen molar-refractivity contribution >= 4 is 5.91 Å². The SMILES string of the molecule is O=C(c1cnc(CCc2cc(F)cc(OC(F)(F)F)c2)nc1)N1CCC12COC2. The third kappa shape index (κ3) is 4.16. The topological polar surface area (TPSA) is 64.5 Å². The predicted octanol–water partition coefficient (Wildman–Crippen LogP) is 2.91. The molecule has 0 atom stereocenters. The third-order valence-corrected chi connectivity index (χ3v) is 5.11. The van der Waals surface area contributed by atoms with Crippen LogP contribution in [0.4, 0.5) is 17.6 Å². The molecule has 0 bridgehead atoms. The number of halogens is 4. The molecule has 2 aliphatic rings. The molecule has 2 fully saturated rings. The molecular weight excluding hydrogens is 394 g/mol. The van der Waals surface area contributed by atoms with Gasteiger partial charge in [0.15, 0.2) is 0 Å². The number of aryl methyl sites for hydroxylation is 2. The van der Waals surface area contributed by atoms with Gasteiger partial charge in [-0.1, -0.05) is 0 Å². The molecule has 0 aliphatic carbocycles. The van der Waals surface area contributed by atoms with Gasteiger partial charge in [0.2, 0.25) is 0 Å². The fraction of sp³-hybridized carbons (Fsp3) is 0.421. The minimum atomic E-state index is -4.89. The van der Waals surface area contributed by atoms with Crippen molar-refractivity contribution in [2.75, 3.05) is 19.8 Å². The molecule has 2 aromatic rings. The Morgan fingerprint density at radius 1 is 1.17 bits per heavy atom. The van der Waals surface area contributed by atoms with Crippen LogP contribution in [0.25, 0.3) is 0 Å². The van der Waals surface area contributed by atoms with Crippen LogP contribution in [-0.4, -0.2) is 52.4 Å². The van der Waals surface area contributed by atoms with Crippen LogP contribution >= 0.6 is 0 Å². The number of nitrogens with zero attached hydrogens (tertiary/aromatic N) is 3. The van der Waals surface area contributed by atoms with Crippen LogP contribution in [-0.2, 0) is 17.6 Å². The fourth-order valence-corrected chi connectivity index (χ4v) is 3.46. The summed E-state index contributed by atoms with van der Waals surface area (Å²) in [5.74, 6) is -1.19. The number of rotatable bonds is 5. The summed E-state index contributed by atoms with van der Waals surface area (Å²) in [5, 5.41) is 0. The lowest BCUT2D eigenvalue weighted by Gasteiger charge is -2.57. The normalized spacial score (nSPS) is 17.6. The second kappa shape index (κ2) is 7.25. The molecule has 1 aromatic heterocycles. The Labute approximate surface area is 163 Å². The number of carbonyl (C=O) groups is 1. The van der Waals surface area contributed by atoms with Crippen molar-refractivity contribution in [3.05, 3.63) is 53.4 Å². The smallest absolute Gasteiger partial charge is 0.406 e. The maximum absolute atomic E-state index is 13.6. The van der Waals surface area contributed by atoms with E-state index in [-0.39, 0.29) is 24.3 Å². The van der Waals surface area contributed by atoms with Crippen LogP contribution in [0.2, 0.25) is 0 Å². The number of aromatic nitrogens is 2. The summed E-state index contributed by atoms with van der Waals surface area (Å²) in [5.41, 5.74) is 0.510. The van der Waals surface area contributed by atoms with E-state index in [2.05, 4.69) is 14.7 Å². The van der Waals surface area contributed by atoms with Gasteiger partial charge in [-0.3, -0.25) is 4.79 Å². The van der Waals surface area contributed by atoms with Gasteiger partial charge in [-0.05, 0) is 30.5 Å². The number of amides is 1. The number of carbonyl (C=O) groups excluding carboxylic acids is 1. The molecule has 29 heavy (non-hydrogen) atoms. The first-order valence-electron chi connectivity index (χ1n) is 9.00. The largest absolute Gasteiger partial charge is 0.573 e. The Kier molecular flexibility index (Phi) is 4.89. The number of hydrogen-bond donors (Lipinski definition) is 0. The zero-order valence-corrected chi connectivity index (χ0v) is 15.2. The lowest BCUT2D eigenvalue weighted by molar-refractivity contribution is -0.274. The van der Waals surface area contributed by atoms with Crippen LogP contribution in [0.3, 0.4) is 0 Å². The van der Waals surface area contributed by atoms with Gasteiger partial charge in [0.25, 0.3) is 5.91 Å². The zero-order valence-electron chi connectivity index (χ0n) is 15.2. The zero-order chi connectivity index (χ0) is 20.6. The van der Waals surface area contributed by atoms with Crippen LogP contribution in [0, 0.1) is 5.82 Å². The van der Waals surface area contributed by atoms with Crippen molar-refractivity contribution in [3.8, 4) is 5.75 Å². The molecule has 0 unspecified atom stereocenters. The Morgan fingerprint density at radius 2 is 1.90 bits per heavy atom. The second-order valence-corrected chi connectivity index (χ2v) is 7.15. The van der Waals surface area contributed by atoms with Crippen molar-refractivity contribution in [1.82, 2.24) is 14.9 Å². The van der Waals surface area contributed by atoms with Gasteiger partial charge >= 0.3 is 6.36 Å². The molecule has 3 heterocycles. The number of benzene rings is 1. The highest BCUT2D eigenvalue weighted by atomic mass is 19.4. The molecule has 2 saturated heterocycles. The summed E-state index contributed by atoms with van der Waals surface area (Å²) in [6.45, 7) is 1.77. The highest BCUT2D eigenvalue weighted by Crippen LogP contribution is 2.38. The van der Waals surface area contributed by atoms with Crippen molar-refractivity contribution < 1.29 is 31.8 Å². The molecule has 6 nitrogen and oxygen atoms in total. The summed E-state index contributed by atoms with van der Waals surface area (Å²) >= 11 is 0. The maximum Gasteiger partial charge on any atom is 0.573 e. The fourth-order valence-electron chi connectivity index (χ4n) is 3.46. The van der Waals surface area contributed by atoms with E-state index in [0.717, 1.165) is 18.6 Å². The van der Waals surface area contributed by atoms with E-state index < -0.39 is 17.9 Å². The van der Waals surface area contributed by atoms with E-state index in [4.69, 9.17) is 4.74 Å². The molecule has 1 aromatic carbocycles. The Hall–Kier alpha value is -2.75. The van der Waals surface area contributed by atoms with E-state index >= 15 is 0 Å². The lowest BCUT2D eigenvalue weighted by Crippen LogP contribution is -2.72. The Morgan fingerprint density at radius 3 is 2.45 bits per heavy atom. The summed E-state index contributed by atoms with van der Waals surface area (Å²) in [6, 6.07) is 2.92. The maximum atomic E-state index is 13.6. The second-order valence-electron chi connectivity index (χ2n) is 7.15. The molecule has 0 radical (unpaired) electrons. The first-order chi connectivity index (χ1) is 13.7. The molecule has 10 heteroatoms. The van der Waals surface area contributed by atoms with Crippen LogP contribution < -0.4 is 4.74 Å². The average Bonchev–Trinajstić information content (AvgIpc) is 2.56. The lowest BCUT2D eigenvalue weighted by atomic mass is 9.82. The molecule has 0 N–H and O–H groups in total. The van der Waals surface area contributed by atoms with Gasteiger partial charge in [-0.2, -0.15) is 0 Å². The van der Waals surface area contributed by atoms with E-state index in [1.54, 1.807) is 4.90 Å². The van der Waals surface area contributed by atoms with Crippen molar-refractivity contribution in [2.45, 2.75) is 31.2 Å². The van der Waals surface area contributed by atoms with Gasteiger partial charge in [-0.15, -0.1) is 13.2 Å². The van der Waals surface area contributed by atoms with E-state index in [0.29, 0.717) is 42.8 Å². The highest BCUT2D eigenvalue weighted by molar-refractivity contribution is 5.94. The van der Waals surface area contributed by atoms with Gasteiger partial charge in [0.1, 0.15) is 17.4 Å². The molecule has 1 spiro atoms. The number of likely N-dealkylation sites (tertiary alicyclic amines) is 1. The van der Waals surface area contributed by atoms with Crippen LogP contribution in [0.1, 0.15) is 28.2 Å². The van der Waals surface area contributed by atoms with Crippen molar-refractivity contribution in [3.63, 3.8) is 0 Å². The van der Waals surface area contributed by atoms with Gasteiger partial charge in [0.05, 0.1) is 24.3 Å². The van der Waals surface area contributed by atoms with Gasteiger partial charge < -0.3 is 14.4 Å². The van der Waals surface area contributed by atoms with Gasteiger partial charge in [0, 0.05) is 31.4 Å². The number of hydrogen-bond acceptors (Lipinski definition) is 5. The molecule has 2 aliphatic heterocycles. The number of alkyl halides is 3. The molecule has 0 saturated carbocycles. The molecule has 1 amide bonds. The third-order valence-electron chi connectivity index (χ3n) is 5.11. The summed E-state index contributed by atoms with van der Waals surface area (Å²) < 4.78 is 59.5. The highest BCUT2D eigenvalue weighted by Gasteiger charge is 2.53. The first kappa shape index (κ1) is 19.6. The summed E-state index contributed by atoms with van der Waals surface area (Å²) in [7, 11) is 0. The quantitative estimate of drug-likeness (QED) is 0.708. The van der Waals surface area contributed by atoms with E-state index in [9.17, 15) is 22.4 Å². The van der Waals surface area contributed by atoms with Gasteiger partial charge in [-0.25, -0.2) is 14.4 Å². The summed E-state index contributed by atoms with van der Waals surface area (Å²) in [4.78, 5) is 22.6. The van der Waals surface area contributed by atoms with Crippen molar-refractivity contribution in [1.29, 1.82) is 0 Å². The molecule has 154 valence electrons. The number of ether oxygens (including phenoxy) is 2. The van der Waals surface area contributed by atoms with Crippen LogP contribution in [0.15, 0.2) is 30.6 Å². The first-order valence-corrected chi connectivity index (χ1v) is 9.00. The van der Waals surface area contributed by atoms with E-state index in [1.807, 2.05) is 0 Å². The average molecular weight is 411 g/mol. The minimum Gasteiger partial charge on any atom is -0.406 e. The minimum absolute atomic E-state index is 0.148. The summed E-state index contributed by atoms with van der Waals surface area (Å²) in [6.07, 6.45) is -0.626. The standard InChI is InChI=1S/C19H17F4N3O3/c20-14-5-12(6-15(7-14)29-19(21,22)23)1-2-16-24-8-13(9-25-16)17(27)26-4-3-18(26)10-28-11-18/h5-9H,1-4,10-11H2. The van der Waals surface area contributed by atoms with Crippen LogP contribution in [0.5, 0.6) is 5.75 Å².